The van der Waals surface area contributed by atoms with E-state index in [4.69, 9.17) is 0 Å². The second-order valence-corrected chi connectivity index (χ2v) is 6.48. The van der Waals surface area contributed by atoms with Crippen LogP contribution in [0.2, 0.25) is 0 Å². The van der Waals surface area contributed by atoms with Crippen molar-refractivity contribution in [3.8, 4) is 0 Å². The number of guanidine groups is 1. The monoisotopic (exact) mass is 473 g/mol. The maximum atomic E-state index is 11.9. The quantitative estimate of drug-likeness (QED) is 0.250. The number of carbonyl (C=O) groups is 1. The Labute approximate surface area is 169 Å². The summed E-state index contributed by atoms with van der Waals surface area (Å²) in [5.41, 5.74) is 0.666. The molecule has 6 nitrogen and oxygen atoms in total. The molecule has 3 N–H and O–H groups in total. The molecule has 0 aliphatic heterocycles. The predicted molar refractivity (Wildman–Crippen MR) is 114 cm³/mol. The first-order chi connectivity index (χ1) is 11.7. The molecule has 0 aliphatic carbocycles. The zero-order valence-corrected chi connectivity index (χ0v) is 17.6. The lowest BCUT2D eigenvalue weighted by Crippen LogP contribution is -2.42. The zero-order valence-electron chi connectivity index (χ0n) is 14.4. The standard InChI is InChI=1S/C17H23N5OS.HI/c1-13-12-22-15(24-13)8-9-20-17(18-2)21-11-10-19-16(23)14-6-4-3-5-7-14;/h3-7,12H,8-11H2,1-2H3,(H,19,23)(H2,18,20,21);1H. The highest BCUT2D eigenvalue weighted by Gasteiger charge is 2.04. The third-order valence-electron chi connectivity index (χ3n) is 3.26. The van der Waals surface area contributed by atoms with Crippen LogP contribution in [0, 0.1) is 6.92 Å². The van der Waals surface area contributed by atoms with E-state index in [0.717, 1.165) is 23.9 Å². The number of aliphatic imine (C=N–C) groups is 1. The molecule has 2 aromatic rings. The Balaban J connectivity index is 0.00000312. The van der Waals surface area contributed by atoms with Gasteiger partial charge in [0.25, 0.3) is 5.91 Å². The number of hydrogen-bond acceptors (Lipinski definition) is 4. The van der Waals surface area contributed by atoms with Crippen molar-refractivity contribution in [1.82, 2.24) is 20.9 Å². The van der Waals surface area contributed by atoms with Crippen LogP contribution in [0.25, 0.3) is 0 Å². The highest BCUT2D eigenvalue weighted by molar-refractivity contribution is 14.0. The molecule has 0 radical (unpaired) electrons. The number of benzene rings is 1. The van der Waals surface area contributed by atoms with Crippen molar-refractivity contribution in [2.75, 3.05) is 26.7 Å². The number of carbonyl (C=O) groups excluding carboxylic acids is 1. The summed E-state index contributed by atoms with van der Waals surface area (Å²) < 4.78 is 0. The molecule has 0 fully saturated rings. The fraction of sp³-hybridized carbons (Fsp3) is 0.353. The molecule has 136 valence electrons. The molecule has 1 amide bonds. The Morgan fingerprint density at radius 2 is 1.80 bits per heavy atom. The van der Waals surface area contributed by atoms with Gasteiger partial charge in [0, 0.05) is 49.7 Å². The largest absolute Gasteiger partial charge is 0.356 e. The van der Waals surface area contributed by atoms with Gasteiger partial charge in [-0.05, 0) is 19.1 Å². The first-order valence-electron chi connectivity index (χ1n) is 7.88. The van der Waals surface area contributed by atoms with E-state index in [1.165, 1.54) is 4.88 Å². The van der Waals surface area contributed by atoms with Gasteiger partial charge < -0.3 is 16.0 Å². The molecule has 0 saturated heterocycles. The van der Waals surface area contributed by atoms with Gasteiger partial charge in [-0.1, -0.05) is 18.2 Å². The molecular formula is C17H24IN5OS. The molecule has 8 heteroatoms. The minimum absolute atomic E-state index is 0. The van der Waals surface area contributed by atoms with Crippen LogP contribution in [0.4, 0.5) is 0 Å². The minimum atomic E-state index is -0.0699. The van der Waals surface area contributed by atoms with Crippen LogP contribution in [0.1, 0.15) is 20.2 Å². The fourth-order valence-electron chi connectivity index (χ4n) is 2.07. The number of halogens is 1. The lowest BCUT2D eigenvalue weighted by molar-refractivity contribution is 0.0954. The lowest BCUT2D eigenvalue weighted by atomic mass is 10.2. The second kappa shape index (κ2) is 11.8. The minimum Gasteiger partial charge on any atom is -0.356 e. The van der Waals surface area contributed by atoms with Gasteiger partial charge in [-0.3, -0.25) is 9.79 Å². The molecule has 0 atom stereocenters. The summed E-state index contributed by atoms with van der Waals surface area (Å²) in [5.74, 6) is 0.650. The van der Waals surface area contributed by atoms with Crippen molar-refractivity contribution >= 4 is 47.2 Å². The summed E-state index contributed by atoms with van der Waals surface area (Å²) in [4.78, 5) is 21.6. The highest BCUT2D eigenvalue weighted by Crippen LogP contribution is 2.10. The molecule has 1 heterocycles. The normalized spacial score (nSPS) is 10.7. The van der Waals surface area contributed by atoms with E-state index >= 15 is 0 Å². The maximum Gasteiger partial charge on any atom is 0.251 e. The van der Waals surface area contributed by atoms with Crippen LogP contribution in [-0.2, 0) is 6.42 Å². The zero-order chi connectivity index (χ0) is 17.2. The van der Waals surface area contributed by atoms with Gasteiger partial charge in [-0.25, -0.2) is 4.98 Å². The van der Waals surface area contributed by atoms with Crippen LogP contribution in [0.3, 0.4) is 0 Å². The van der Waals surface area contributed by atoms with Crippen LogP contribution >= 0.6 is 35.3 Å². The number of nitrogens with one attached hydrogen (secondary N) is 3. The average Bonchev–Trinajstić information content (AvgIpc) is 3.02. The molecule has 0 spiro atoms. The average molecular weight is 473 g/mol. The first kappa shape index (κ1) is 21.4. The van der Waals surface area contributed by atoms with E-state index in [1.54, 1.807) is 30.5 Å². The highest BCUT2D eigenvalue weighted by atomic mass is 127. The molecule has 1 aromatic carbocycles. The molecule has 2 rings (SSSR count). The molecule has 1 aromatic heterocycles. The first-order valence-corrected chi connectivity index (χ1v) is 8.70. The van der Waals surface area contributed by atoms with Gasteiger partial charge in [-0.2, -0.15) is 0 Å². The molecule has 0 saturated carbocycles. The maximum absolute atomic E-state index is 11.9. The number of rotatable bonds is 7. The van der Waals surface area contributed by atoms with E-state index in [0.29, 0.717) is 18.7 Å². The smallest absolute Gasteiger partial charge is 0.251 e. The third kappa shape index (κ3) is 7.82. The van der Waals surface area contributed by atoms with E-state index < -0.39 is 0 Å². The number of hydrogen-bond donors (Lipinski definition) is 3. The van der Waals surface area contributed by atoms with Crippen molar-refractivity contribution in [2.24, 2.45) is 4.99 Å². The van der Waals surface area contributed by atoms with Crippen molar-refractivity contribution < 1.29 is 4.79 Å². The Morgan fingerprint density at radius 3 is 2.44 bits per heavy atom. The number of aryl methyl sites for hydroxylation is 1. The Morgan fingerprint density at radius 1 is 1.12 bits per heavy atom. The topological polar surface area (TPSA) is 78.4 Å². The number of thiazole rings is 1. The van der Waals surface area contributed by atoms with Crippen molar-refractivity contribution in [3.05, 3.63) is 52.0 Å². The summed E-state index contributed by atoms with van der Waals surface area (Å²) >= 11 is 1.71. The fourth-order valence-corrected chi connectivity index (χ4v) is 2.86. The lowest BCUT2D eigenvalue weighted by Gasteiger charge is -2.12. The van der Waals surface area contributed by atoms with Crippen LogP contribution in [0.5, 0.6) is 0 Å². The number of nitrogens with zero attached hydrogens (tertiary/aromatic N) is 2. The van der Waals surface area contributed by atoms with Crippen LogP contribution < -0.4 is 16.0 Å². The van der Waals surface area contributed by atoms with Crippen molar-refractivity contribution in [3.63, 3.8) is 0 Å². The Kier molecular flexibility index (Phi) is 10.1. The van der Waals surface area contributed by atoms with Crippen LogP contribution in [-0.4, -0.2) is 43.5 Å². The predicted octanol–water partition coefficient (Wildman–Crippen LogP) is 2.21. The van der Waals surface area contributed by atoms with E-state index in [9.17, 15) is 4.79 Å². The molecular weight excluding hydrogens is 449 g/mol. The number of aromatic nitrogens is 1. The molecule has 25 heavy (non-hydrogen) atoms. The van der Waals surface area contributed by atoms with Gasteiger partial charge in [0.05, 0.1) is 5.01 Å². The Bertz CT molecular complexity index is 675. The van der Waals surface area contributed by atoms with Gasteiger partial charge in [0.1, 0.15) is 0 Å². The molecule has 0 bridgehead atoms. The summed E-state index contributed by atoms with van der Waals surface area (Å²) in [6.45, 7) is 3.95. The van der Waals surface area contributed by atoms with E-state index in [2.05, 4.69) is 32.9 Å². The SMILES string of the molecule is CN=C(NCCNC(=O)c1ccccc1)NCCc1ncc(C)s1.I. The number of amides is 1. The van der Waals surface area contributed by atoms with Gasteiger partial charge in [-0.15, -0.1) is 35.3 Å². The van der Waals surface area contributed by atoms with Gasteiger partial charge >= 0.3 is 0 Å². The third-order valence-corrected chi connectivity index (χ3v) is 4.24. The van der Waals surface area contributed by atoms with Crippen molar-refractivity contribution in [2.45, 2.75) is 13.3 Å². The second-order valence-electron chi connectivity index (χ2n) is 5.16. The van der Waals surface area contributed by atoms with Gasteiger partial charge in [0.15, 0.2) is 5.96 Å². The summed E-state index contributed by atoms with van der Waals surface area (Å²) in [5, 5.41) is 10.4. The van der Waals surface area contributed by atoms with E-state index in [1.807, 2.05) is 24.4 Å². The van der Waals surface area contributed by atoms with Gasteiger partial charge in [0.2, 0.25) is 0 Å². The summed E-state index contributed by atoms with van der Waals surface area (Å²) in [6, 6.07) is 9.18. The molecule has 0 aliphatic rings. The summed E-state index contributed by atoms with van der Waals surface area (Å²) in [6.07, 6.45) is 2.76. The summed E-state index contributed by atoms with van der Waals surface area (Å²) in [7, 11) is 1.73. The van der Waals surface area contributed by atoms with Crippen molar-refractivity contribution in [1.29, 1.82) is 0 Å². The Hall–Kier alpha value is -1.68. The van der Waals surface area contributed by atoms with E-state index in [-0.39, 0.29) is 29.9 Å². The van der Waals surface area contributed by atoms with Crippen LogP contribution in [0.15, 0.2) is 41.5 Å². The molecule has 0 unspecified atom stereocenters.